The smallest absolute Gasteiger partial charge is 0.356 e. The number of hydrogen-bond donors (Lipinski definition) is 1. The molecule has 0 saturated carbocycles. The molecule has 1 aromatic heterocycles. The molecule has 0 spiro atoms. The zero-order valence-corrected chi connectivity index (χ0v) is 12.6. The average Bonchev–Trinajstić information content (AvgIpc) is 2.53. The van der Waals surface area contributed by atoms with E-state index in [1.54, 1.807) is 12.1 Å². The summed E-state index contributed by atoms with van der Waals surface area (Å²) >= 11 is 0. The van der Waals surface area contributed by atoms with Gasteiger partial charge < -0.3 is 14.8 Å². The maximum Gasteiger partial charge on any atom is 0.356 e. The van der Waals surface area contributed by atoms with Crippen LogP contribution in [0.1, 0.15) is 47.2 Å². The second-order valence-corrected chi connectivity index (χ2v) is 4.48. The van der Waals surface area contributed by atoms with Gasteiger partial charge in [-0.3, -0.25) is 4.79 Å². The highest BCUT2D eigenvalue weighted by Gasteiger charge is 2.11. The van der Waals surface area contributed by atoms with E-state index in [1.165, 1.54) is 13.2 Å². The third-order valence-electron chi connectivity index (χ3n) is 2.77. The number of nitrogens with zero attached hydrogens (tertiary/aromatic N) is 1. The fourth-order valence-electron chi connectivity index (χ4n) is 1.59. The lowest BCUT2D eigenvalue weighted by Gasteiger charge is -2.06. The number of methoxy groups -OCH3 is 1. The summed E-state index contributed by atoms with van der Waals surface area (Å²) in [5.41, 5.74) is 0.317. The van der Waals surface area contributed by atoms with Gasteiger partial charge >= 0.3 is 5.97 Å². The first-order valence-electron chi connectivity index (χ1n) is 7.10. The summed E-state index contributed by atoms with van der Waals surface area (Å²) in [7, 11) is 1.27. The molecule has 1 N–H and O–H groups in total. The van der Waals surface area contributed by atoms with E-state index in [4.69, 9.17) is 4.74 Å². The number of carbonyl (C=O) groups is 2. The second kappa shape index (κ2) is 9.88. The summed E-state index contributed by atoms with van der Waals surface area (Å²) < 4.78 is 9.97. The molecule has 6 nitrogen and oxygen atoms in total. The number of esters is 1. The molecule has 0 bridgehead atoms. The van der Waals surface area contributed by atoms with Gasteiger partial charge in [-0.2, -0.15) is 0 Å². The summed E-state index contributed by atoms with van der Waals surface area (Å²) in [6.45, 7) is 4.00. The van der Waals surface area contributed by atoms with E-state index in [9.17, 15) is 9.59 Å². The standard InChI is InChI=1S/C15H22N2O4/c1-3-4-10-21-11-6-9-16-14(18)12-7-5-8-13(17-12)15(19)20-2/h5,7-8H,3-4,6,9-11H2,1-2H3,(H,16,18). The van der Waals surface area contributed by atoms with Crippen molar-refractivity contribution in [2.45, 2.75) is 26.2 Å². The Balaban J connectivity index is 2.33. The first-order chi connectivity index (χ1) is 10.2. The number of ether oxygens (including phenoxy) is 2. The number of carbonyl (C=O) groups excluding carboxylic acids is 2. The molecular formula is C15H22N2O4. The molecule has 6 heteroatoms. The van der Waals surface area contributed by atoms with Crippen molar-refractivity contribution < 1.29 is 19.1 Å². The van der Waals surface area contributed by atoms with E-state index in [0.717, 1.165) is 25.9 Å². The van der Waals surface area contributed by atoms with Crippen molar-refractivity contribution >= 4 is 11.9 Å². The normalized spacial score (nSPS) is 10.2. The zero-order chi connectivity index (χ0) is 15.5. The summed E-state index contributed by atoms with van der Waals surface area (Å²) in [5, 5.41) is 2.74. The lowest BCUT2D eigenvalue weighted by atomic mass is 10.3. The largest absolute Gasteiger partial charge is 0.464 e. The molecule has 0 saturated heterocycles. The molecule has 0 aliphatic heterocycles. The maximum absolute atomic E-state index is 11.9. The van der Waals surface area contributed by atoms with E-state index in [0.29, 0.717) is 13.2 Å². The summed E-state index contributed by atoms with van der Waals surface area (Å²) in [6, 6.07) is 4.66. The lowest BCUT2D eigenvalue weighted by Crippen LogP contribution is -2.26. The average molecular weight is 294 g/mol. The molecule has 116 valence electrons. The number of aromatic nitrogens is 1. The maximum atomic E-state index is 11.9. The predicted molar refractivity (Wildman–Crippen MR) is 78.3 cm³/mol. The van der Waals surface area contributed by atoms with Crippen LogP contribution in [0.5, 0.6) is 0 Å². The van der Waals surface area contributed by atoms with Crippen molar-refractivity contribution in [3.8, 4) is 0 Å². The van der Waals surface area contributed by atoms with E-state index in [-0.39, 0.29) is 17.3 Å². The van der Waals surface area contributed by atoms with Crippen molar-refractivity contribution in [2.75, 3.05) is 26.9 Å². The van der Waals surface area contributed by atoms with Gasteiger partial charge in [0.2, 0.25) is 0 Å². The second-order valence-electron chi connectivity index (χ2n) is 4.48. The summed E-state index contributed by atoms with van der Waals surface area (Å²) in [4.78, 5) is 27.2. The van der Waals surface area contributed by atoms with Crippen LogP contribution in [0.4, 0.5) is 0 Å². The molecule has 0 aliphatic carbocycles. The molecule has 0 aromatic carbocycles. The number of unbranched alkanes of at least 4 members (excludes halogenated alkanes) is 1. The quantitative estimate of drug-likeness (QED) is 0.555. The number of rotatable bonds is 9. The third kappa shape index (κ3) is 6.35. The van der Waals surface area contributed by atoms with E-state index in [2.05, 4.69) is 22.0 Å². The van der Waals surface area contributed by atoms with Gasteiger partial charge in [0.1, 0.15) is 11.4 Å². The van der Waals surface area contributed by atoms with Crippen molar-refractivity contribution in [3.63, 3.8) is 0 Å². The van der Waals surface area contributed by atoms with Crippen LogP contribution < -0.4 is 5.32 Å². The van der Waals surface area contributed by atoms with Crippen LogP contribution in [0.15, 0.2) is 18.2 Å². The van der Waals surface area contributed by atoms with Crippen molar-refractivity contribution in [1.29, 1.82) is 0 Å². The fraction of sp³-hybridized carbons (Fsp3) is 0.533. The zero-order valence-electron chi connectivity index (χ0n) is 12.6. The fourth-order valence-corrected chi connectivity index (χ4v) is 1.59. The Morgan fingerprint density at radius 1 is 1.19 bits per heavy atom. The molecule has 0 radical (unpaired) electrons. The molecule has 0 atom stereocenters. The van der Waals surface area contributed by atoms with Crippen molar-refractivity contribution in [1.82, 2.24) is 10.3 Å². The van der Waals surface area contributed by atoms with Crippen LogP contribution in [0, 0.1) is 0 Å². The van der Waals surface area contributed by atoms with Crippen LogP contribution >= 0.6 is 0 Å². The SMILES string of the molecule is CCCCOCCCNC(=O)c1cccc(C(=O)OC)n1. The summed E-state index contributed by atoms with van der Waals surface area (Å²) in [6.07, 6.45) is 2.90. The van der Waals surface area contributed by atoms with E-state index in [1.807, 2.05) is 0 Å². The molecule has 21 heavy (non-hydrogen) atoms. The highest BCUT2D eigenvalue weighted by Crippen LogP contribution is 2.01. The minimum absolute atomic E-state index is 0.119. The minimum Gasteiger partial charge on any atom is -0.464 e. The highest BCUT2D eigenvalue weighted by atomic mass is 16.5. The van der Waals surface area contributed by atoms with Crippen LogP contribution in [0.2, 0.25) is 0 Å². The Bertz CT molecular complexity index is 463. The van der Waals surface area contributed by atoms with Crippen molar-refractivity contribution in [3.05, 3.63) is 29.6 Å². The molecule has 1 amide bonds. The first-order valence-corrected chi connectivity index (χ1v) is 7.10. The Labute approximate surface area is 124 Å². The third-order valence-corrected chi connectivity index (χ3v) is 2.77. The van der Waals surface area contributed by atoms with Crippen molar-refractivity contribution in [2.24, 2.45) is 0 Å². The molecule has 0 aliphatic rings. The van der Waals surface area contributed by atoms with Gasteiger partial charge in [0, 0.05) is 19.8 Å². The molecular weight excluding hydrogens is 272 g/mol. The van der Waals surface area contributed by atoms with Gasteiger partial charge in [0.15, 0.2) is 0 Å². The van der Waals surface area contributed by atoms with Crippen LogP contribution in [0.3, 0.4) is 0 Å². The van der Waals surface area contributed by atoms with Gasteiger partial charge in [-0.1, -0.05) is 19.4 Å². The molecule has 1 heterocycles. The van der Waals surface area contributed by atoms with Gasteiger partial charge in [-0.05, 0) is 25.0 Å². The van der Waals surface area contributed by atoms with Gasteiger partial charge in [-0.15, -0.1) is 0 Å². The predicted octanol–water partition coefficient (Wildman–Crippen LogP) is 1.80. The van der Waals surface area contributed by atoms with Gasteiger partial charge in [0.25, 0.3) is 5.91 Å². The topological polar surface area (TPSA) is 77.5 Å². The molecule has 1 aromatic rings. The molecule has 0 fully saturated rings. The minimum atomic E-state index is -0.561. The Hall–Kier alpha value is -1.95. The van der Waals surface area contributed by atoms with Gasteiger partial charge in [0.05, 0.1) is 7.11 Å². The summed E-state index contributed by atoms with van der Waals surface area (Å²) in [5.74, 6) is -0.872. The van der Waals surface area contributed by atoms with E-state index >= 15 is 0 Å². The Morgan fingerprint density at radius 2 is 1.90 bits per heavy atom. The number of pyridine rings is 1. The molecule has 1 rings (SSSR count). The molecule has 0 unspecified atom stereocenters. The lowest BCUT2D eigenvalue weighted by molar-refractivity contribution is 0.0594. The monoisotopic (exact) mass is 294 g/mol. The van der Waals surface area contributed by atoms with E-state index < -0.39 is 5.97 Å². The Morgan fingerprint density at radius 3 is 2.62 bits per heavy atom. The highest BCUT2D eigenvalue weighted by molar-refractivity contribution is 5.94. The first kappa shape index (κ1) is 17.1. The number of hydrogen-bond acceptors (Lipinski definition) is 5. The Kier molecular flexibility index (Phi) is 8.04. The number of amides is 1. The van der Waals surface area contributed by atoms with Crippen LogP contribution in [-0.4, -0.2) is 43.7 Å². The van der Waals surface area contributed by atoms with Crippen LogP contribution in [-0.2, 0) is 9.47 Å². The van der Waals surface area contributed by atoms with Gasteiger partial charge in [-0.25, -0.2) is 9.78 Å². The number of nitrogens with one attached hydrogen (secondary N) is 1. The van der Waals surface area contributed by atoms with Crippen LogP contribution in [0.25, 0.3) is 0 Å².